The van der Waals surface area contributed by atoms with E-state index in [0.717, 1.165) is 0 Å². The van der Waals surface area contributed by atoms with Gasteiger partial charge in [0.2, 0.25) is 0 Å². The highest BCUT2D eigenvalue weighted by molar-refractivity contribution is 5.94. The number of aromatic nitrogens is 2. The maximum Gasteiger partial charge on any atom is 0.126 e. The molecule has 0 bridgehead atoms. The quantitative estimate of drug-likeness (QED) is 0.439. The summed E-state index contributed by atoms with van der Waals surface area (Å²) in [6.07, 6.45) is 1.57. The van der Waals surface area contributed by atoms with Gasteiger partial charge >= 0.3 is 0 Å². The zero-order valence-electron chi connectivity index (χ0n) is 7.15. The smallest absolute Gasteiger partial charge is 0.126 e. The van der Waals surface area contributed by atoms with Crippen LogP contribution >= 0.6 is 0 Å². The predicted octanol–water partition coefficient (Wildman–Crippen LogP) is 0.497. The van der Waals surface area contributed by atoms with Crippen LogP contribution in [0, 0.1) is 0 Å². The summed E-state index contributed by atoms with van der Waals surface area (Å²) in [6, 6.07) is 3.20. The lowest BCUT2D eigenvalue weighted by molar-refractivity contribution is 0.481. The first-order valence-electron chi connectivity index (χ1n) is 3.87. The molecule has 1 aromatic carbocycles. The van der Waals surface area contributed by atoms with E-state index < -0.39 is 0 Å². The molecule has 0 unspecified atom stereocenters. The van der Waals surface area contributed by atoms with E-state index in [0.29, 0.717) is 16.6 Å². The Kier molecular flexibility index (Phi) is 1.51. The van der Waals surface area contributed by atoms with E-state index in [2.05, 4.69) is 10.5 Å². The highest BCUT2D eigenvalue weighted by Crippen LogP contribution is 2.27. The van der Waals surface area contributed by atoms with E-state index in [1.807, 2.05) is 0 Å². The largest absolute Gasteiger partial charge is 0.507 e. The van der Waals surface area contributed by atoms with E-state index in [9.17, 15) is 5.11 Å². The number of nitrogens with zero attached hydrogens (tertiary/aromatic N) is 2. The van der Waals surface area contributed by atoms with Crippen molar-refractivity contribution in [2.24, 2.45) is 0 Å². The Morgan fingerprint density at radius 2 is 2.31 bits per heavy atom. The molecule has 0 saturated carbocycles. The van der Waals surface area contributed by atoms with Crippen LogP contribution in [0.2, 0.25) is 0 Å². The summed E-state index contributed by atoms with van der Waals surface area (Å²) in [6.45, 7) is 0. The molecule has 1 aromatic heterocycles. The van der Waals surface area contributed by atoms with Gasteiger partial charge in [0.1, 0.15) is 11.3 Å². The Morgan fingerprint density at radius 1 is 1.54 bits per heavy atom. The Morgan fingerprint density at radius 3 is 3.00 bits per heavy atom. The van der Waals surface area contributed by atoms with Crippen LogP contribution in [0.4, 0.5) is 5.69 Å². The van der Waals surface area contributed by atoms with Crippen LogP contribution in [0.25, 0.3) is 10.9 Å². The summed E-state index contributed by atoms with van der Waals surface area (Å²) in [5.41, 5.74) is 9.85. The first-order chi connectivity index (χ1) is 6.24. The van der Waals surface area contributed by atoms with Gasteiger partial charge in [-0.2, -0.15) is 9.89 Å². The third-order valence-electron chi connectivity index (χ3n) is 1.95. The molecule has 0 saturated heterocycles. The number of nitrogens with two attached hydrogens (primary N) is 1. The van der Waals surface area contributed by atoms with Crippen LogP contribution < -0.4 is 11.2 Å². The van der Waals surface area contributed by atoms with Crippen molar-refractivity contribution in [1.82, 2.24) is 9.89 Å². The standard InChI is InChI=1S/C8H10N4O/c1-10-12-8-5(4-11-12)7(13)3-2-6(8)9/h2-4,10,13H,9H2,1H3. The lowest BCUT2D eigenvalue weighted by Gasteiger charge is -2.03. The topological polar surface area (TPSA) is 76.1 Å². The SMILES string of the molecule is CNn1ncc2c(O)ccc(N)c21. The monoisotopic (exact) mass is 178 g/mol. The second-order valence-electron chi connectivity index (χ2n) is 2.72. The number of benzene rings is 1. The maximum absolute atomic E-state index is 9.47. The predicted molar refractivity (Wildman–Crippen MR) is 51.1 cm³/mol. The highest BCUT2D eigenvalue weighted by Gasteiger charge is 2.08. The average Bonchev–Trinajstić information content (AvgIpc) is 2.56. The lowest BCUT2D eigenvalue weighted by Crippen LogP contribution is -2.10. The number of hydrogen-bond acceptors (Lipinski definition) is 4. The first-order valence-corrected chi connectivity index (χ1v) is 3.87. The Balaban J connectivity index is 2.87. The molecule has 1 heterocycles. The molecule has 0 atom stereocenters. The van der Waals surface area contributed by atoms with Crippen molar-refractivity contribution in [2.75, 3.05) is 18.2 Å². The second kappa shape index (κ2) is 2.55. The zero-order chi connectivity index (χ0) is 9.42. The van der Waals surface area contributed by atoms with Gasteiger partial charge in [-0.25, -0.2) is 0 Å². The number of nitrogen functional groups attached to an aromatic ring is 1. The summed E-state index contributed by atoms with van der Waals surface area (Å²) in [4.78, 5) is 1.52. The summed E-state index contributed by atoms with van der Waals surface area (Å²) in [5, 5.41) is 14.1. The molecule has 5 nitrogen and oxygen atoms in total. The van der Waals surface area contributed by atoms with Crippen molar-refractivity contribution in [2.45, 2.75) is 0 Å². The molecule has 0 amide bonds. The van der Waals surface area contributed by atoms with Crippen molar-refractivity contribution >= 4 is 16.6 Å². The zero-order valence-corrected chi connectivity index (χ0v) is 7.15. The third-order valence-corrected chi connectivity index (χ3v) is 1.95. The number of rotatable bonds is 1. The lowest BCUT2D eigenvalue weighted by atomic mass is 10.2. The number of phenols is 1. The van der Waals surface area contributed by atoms with Gasteiger partial charge in [0.15, 0.2) is 0 Å². The van der Waals surface area contributed by atoms with Gasteiger partial charge in [-0.3, -0.25) is 0 Å². The second-order valence-corrected chi connectivity index (χ2v) is 2.72. The molecule has 13 heavy (non-hydrogen) atoms. The number of phenolic OH excluding ortho intramolecular Hbond substituents is 1. The van der Waals surface area contributed by atoms with Crippen molar-refractivity contribution in [3.63, 3.8) is 0 Å². The minimum Gasteiger partial charge on any atom is -0.507 e. The molecule has 0 radical (unpaired) electrons. The fraction of sp³-hybridized carbons (Fsp3) is 0.125. The van der Waals surface area contributed by atoms with E-state index in [4.69, 9.17) is 5.73 Å². The van der Waals surface area contributed by atoms with Gasteiger partial charge in [0, 0.05) is 7.05 Å². The summed E-state index contributed by atoms with van der Waals surface area (Å²) in [7, 11) is 1.73. The maximum atomic E-state index is 9.47. The van der Waals surface area contributed by atoms with Gasteiger partial charge in [-0.1, -0.05) is 0 Å². The van der Waals surface area contributed by atoms with Gasteiger partial charge < -0.3 is 16.3 Å². The molecule has 0 aliphatic heterocycles. The summed E-state index contributed by atoms with van der Waals surface area (Å²) < 4.78 is 0. The van der Waals surface area contributed by atoms with Crippen molar-refractivity contribution in [1.29, 1.82) is 0 Å². The van der Waals surface area contributed by atoms with Crippen LogP contribution in [0.5, 0.6) is 5.75 Å². The number of aromatic hydroxyl groups is 1. The van der Waals surface area contributed by atoms with Gasteiger partial charge in [-0.15, -0.1) is 0 Å². The molecular formula is C8H10N4O. The van der Waals surface area contributed by atoms with Crippen LogP contribution in [0.15, 0.2) is 18.3 Å². The normalized spacial score (nSPS) is 10.5. The van der Waals surface area contributed by atoms with Crippen molar-refractivity contribution in [3.05, 3.63) is 18.3 Å². The van der Waals surface area contributed by atoms with Gasteiger partial charge in [0.25, 0.3) is 0 Å². The van der Waals surface area contributed by atoms with Crippen molar-refractivity contribution < 1.29 is 5.11 Å². The molecule has 0 aliphatic rings. The molecule has 2 aromatic rings. The molecule has 0 spiro atoms. The molecule has 2 rings (SSSR count). The Labute approximate surface area is 74.7 Å². The molecule has 0 fully saturated rings. The molecule has 5 heteroatoms. The molecule has 4 N–H and O–H groups in total. The summed E-state index contributed by atoms with van der Waals surface area (Å²) in [5.74, 6) is 0.186. The first kappa shape index (κ1) is 7.72. The van der Waals surface area contributed by atoms with E-state index >= 15 is 0 Å². The number of fused-ring (bicyclic) bond motifs is 1. The van der Waals surface area contributed by atoms with Crippen LogP contribution in [-0.4, -0.2) is 22.0 Å². The summed E-state index contributed by atoms with van der Waals surface area (Å²) >= 11 is 0. The van der Waals surface area contributed by atoms with Crippen molar-refractivity contribution in [3.8, 4) is 5.75 Å². The van der Waals surface area contributed by atoms with E-state index in [-0.39, 0.29) is 5.75 Å². The fourth-order valence-electron chi connectivity index (χ4n) is 1.32. The van der Waals surface area contributed by atoms with E-state index in [1.165, 1.54) is 4.79 Å². The average molecular weight is 178 g/mol. The van der Waals surface area contributed by atoms with Crippen LogP contribution in [-0.2, 0) is 0 Å². The Bertz CT molecular complexity index is 449. The van der Waals surface area contributed by atoms with Crippen LogP contribution in [0.3, 0.4) is 0 Å². The Hall–Kier alpha value is -1.91. The minimum absolute atomic E-state index is 0.186. The fourth-order valence-corrected chi connectivity index (χ4v) is 1.32. The molecule has 68 valence electrons. The van der Waals surface area contributed by atoms with Crippen LogP contribution in [0.1, 0.15) is 0 Å². The number of anilines is 1. The molecule has 0 aliphatic carbocycles. The van der Waals surface area contributed by atoms with Gasteiger partial charge in [-0.05, 0) is 12.1 Å². The molecular weight excluding hydrogens is 168 g/mol. The minimum atomic E-state index is 0.186. The number of nitrogens with one attached hydrogen (secondary N) is 1. The van der Waals surface area contributed by atoms with Gasteiger partial charge in [0.05, 0.1) is 17.3 Å². The highest BCUT2D eigenvalue weighted by atomic mass is 16.3. The third kappa shape index (κ3) is 0.970. The van der Waals surface area contributed by atoms with E-state index in [1.54, 1.807) is 25.4 Å². The number of hydrogen-bond donors (Lipinski definition) is 3.